The van der Waals surface area contributed by atoms with E-state index in [9.17, 15) is 31.1 Å². The lowest BCUT2D eigenvalue weighted by Crippen LogP contribution is -2.24. The lowest BCUT2D eigenvalue weighted by atomic mass is 10.0. The number of nitrogens with one attached hydrogen (secondary N) is 1. The summed E-state index contributed by atoms with van der Waals surface area (Å²) in [5.74, 6) is 0. The number of amides is 1. The van der Waals surface area contributed by atoms with Gasteiger partial charge in [-0.2, -0.15) is 26.3 Å². The highest BCUT2D eigenvalue weighted by atomic mass is 19.4. The van der Waals surface area contributed by atoms with Crippen LogP contribution in [0.1, 0.15) is 22.3 Å². The molecule has 0 unspecified atom stereocenters. The maximum atomic E-state index is 12.8. The molecule has 2 aromatic carbocycles. The topological polar surface area (TPSA) is 38.3 Å². The van der Waals surface area contributed by atoms with Crippen LogP contribution in [0.4, 0.5) is 31.1 Å². The van der Waals surface area contributed by atoms with Crippen molar-refractivity contribution in [3.63, 3.8) is 0 Å². The van der Waals surface area contributed by atoms with Crippen molar-refractivity contribution in [3.05, 3.63) is 76.9 Å². The second-order valence-electron chi connectivity index (χ2n) is 5.68. The van der Waals surface area contributed by atoms with Crippen LogP contribution in [0.2, 0.25) is 0 Å². The van der Waals surface area contributed by atoms with Crippen molar-refractivity contribution in [2.24, 2.45) is 0 Å². The molecule has 0 saturated heterocycles. The quantitative estimate of drug-likeness (QED) is 0.654. The summed E-state index contributed by atoms with van der Waals surface area (Å²) in [6.45, 7) is -0.107. The minimum Gasteiger partial charge on any atom is -0.445 e. The van der Waals surface area contributed by atoms with Crippen molar-refractivity contribution >= 4 is 12.2 Å². The van der Waals surface area contributed by atoms with Crippen molar-refractivity contribution in [1.82, 2.24) is 5.32 Å². The largest absolute Gasteiger partial charge is 0.445 e. The SMILES string of the molecule is O=C(NCC=Cc1cc(C(F)(F)F)cc(C(F)(F)F)c1)OCc1ccccc1. The van der Waals surface area contributed by atoms with E-state index in [1.807, 2.05) is 0 Å². The second kappa shape index (κ2) is 8.81. The molecule has 0 spiro atoms. The molecular weight excluding hydrogens is 388 g/mol. The van der Waals surface area contributed by atoms with E-state index in [2.05, 4.69) is 5.32 Å². The van der Waals surface area contributed by atoms with E-state index in [-0.39, 0.29) is 24.8 Å². The highest BCUT2D eigenvalue weighted by molar-refractivity contribution is 5.67. The molecule has 0 atom stereocenters. The first-order chi connectivity index (χ1) is 13.1. The van der Waals surface area contributed by atoms with E-state index in [4.69, 9.17) is 4.74 Å². The number of benzene rings is 2. The van der Waals surface area contributed by atoms with Gasteiger partial charge in [0, 0.05) is 6.54 Å². The molecule has 0 aromatic heterocycles. The van der Waals surface area contributed by atoms with Gasteiger partial charge in [-0.1, -0.05) is 42.5 Å². The lowest BCUT2D eigenvalue weighted by molar-refractivity contribution is -0.143. The van der Waals surface area contributed by atoms with Crippen LogP contribution >= 0.6 is 0 Å². The van der Waals surface area contributed by atoms with Gasteiger partial charge in [0.15, 0.2) is 0 Å². The molecule has 3 nitrogen and oxygen atoms in total. The Morgan fingerprint density at radius 1 is 0.929 bits per heavy atom. The van der Waals surface area contributed by atoms with Crippen molar-refractivity contribution < 1.29 is 35.9 Å². The molecule has 0 aliphatic rings. The standard InChI is InChI=1S/C19H15F6NO2/c20-18(21,22)15-9-14(10-16(11-15)19(23,24)25)7-4-8-26-17(27)28-12-13-5-2-1-3-6-13/h1-7,9-11H,8,12H2,(H,26,27). The molecule has 150 valence electrons. The predicted molar refractivity (Wildman–Crippen MR) is 90.1 cm³/mol. The highest BCUT2D eigenvalue weighted by Gasteiger charge is 2.36. The minimum atomic E-state index is -4.91. The molecule has 0 aliphatic heterocycles. The van der Waals surface area contributed by atoms with Gasteiger partial charge in [0.25, 0.3) is 0 Å². The fraction of sp³-hybridized carbons (Fsp3) is 0.211. The smallest absolute Gasteiger partial charge is 0.416 e. The number of hydrogen-bond donors (Lipinski definition) is 1. The van der Waals surface area contributed by atoms with Crippen LogP contribution in [0.5, 0.6) is 0 Å². The summed E-state index contributed by atoms with van der Waals surface area (Å²) < 4.78 is 81.7. The monoisotopic (exact) mass is 403 g/mol. The van der Waals surface area contributed by atoms with Crippen LogP contribution in [0.25, 0.3) is 6.08 Å². The zero-order valence-electron chi connectivity index (χ0n) is 14.3. The summed E-state index contributed by atoms with van der Waals surface area (Å²) in [6, 6.07) is 10.1. The van der Waals surface area contributed by atoms with E-state index in [1.54, 1.807) is 30.3 Å². The average molecular weight is 403 g/mol. The highest BCUT2D eigenvalue weighted by Crippen LogP contribution is 2.36. The van der Waals surface area contributed by atoms with E-state index in [1.165, 1.54) is 6.08 Å². The van der Waals surface area contributed by atoms with Gasteiger partial charge in [0.05, 0.1) is 11.1 Å². The lowest BCUT2D eigenvalue weighted by Gasteiger charge is -2.13. The summed E-state index contributed by atoms with van der Waals surface area (Å²) in [4.78, 5) is 11.5. The second-order valence-corrected chi connectivity index (χ2v) is 5.68. The van der Waals surface area contributed by atoms with Crippen LogP contribution in [0.15, 0.2) is 54.6 Å². The van der Waals surface area contributed by atoms with Gasteiger partial charge in [0.1, 0.15) is 6.61 Å². The van der Waals surface area contributed by atoms with Gasteiger partial charge in [-0.25, -0.2) is 4.79 Å². The molecule has 1 amide bonds. The molecule has 0 bridgehead atoms. The zero-order valence-corrected chi connectivity index (χ0v) is 14.3. The molecule has 2 aromatic rings. The summed E-state index contributed by atoms with van der Waals surface area (Å²) in [5, 5.41) is 2.32. The molecular formula is C19H15F6NO2. The molecule has 2 rings (SSSR count). The third kappa shape index (κ3) is 6.64. The first kappa shape index (κ1) is 21.3. The number of carbonyl (C=O) groups excluding carboxylic acids is 1. The van der Waals surface area contributed by atoms with Gasteiger partial charge in [-0.3, -0.25) is 0 Å². The molecule has 1 N–H and O–H groups in total. The van der Waals surface area contributed by atoms with E-state index < -0.39 is 29.6 Å². The fourth-order valence-electron chi connectivity index (χ4n) is 2.19. The molecule has 28 heavy (non-hydrogen) atoms. The first-order valence-electron chi connectivity index (χ1n) is 7.96. The maximum Gasteiger partial charge on any atom is 0.416 e. The van der Waals surface area contributed by atoms with Crippen LogP contribution in [-0.2, 0) is 23.7 Å². The first-order valence-corrected chi connectivity index (χ1v) is 7.96. The number of alkyl carbamates (subject to hydrolysis) is 1. The van der Waals surface area contributed by atoms with Crippen LogP contribution in [-0.4, -0.2) is 12.6 Å². The number of rotatable bonds is 5. The van der Waals surface area contributed by atoms with Gasteiger partial charge < -0.3 is 10.1 Å². The molecule has 0 heterocycles. The van der Waals surface area contributed by atoms with Gasteiger partial charge in [-0.15, -0.1) is 0 Å². The maximum absolute atomic E-state index is 12.8. The Morgan fingerprint density at radius 2 is 1.50 bits per heavy atom. The van der Waals surface area contributed by atoms with Crippen molar-refractivity contribution in [2.75, 3.05) is 6.54 Å². The Labute approximate surface area is 156 Å². The van der Waals surface area contributed by atoms with Crippen LogP contribution in [0, 0.1) is 0 Å². The zero-order chi connectivity index (χ0) is 20.8. The third-order valence-corrected chi connectivity index (χ3v) is 3.50. The third-order valence-electron chi connectivity index (χ3n) is 3.50. The number of ether oxygens (including phenoxy) is 1. The summed E-state index contributed by atoms with van der Waals surface area (Å²) in [7, 11) is 0. The average Bonchev–Trinajstić information content (AvgIpc) is 2.63. The summed E-state index contributed by atoms with van der Waals surface area (Å²) in [6.07, 6.45) is -8.32. The van der Waals surface area contributed by atoms with E-state index in [0.717, 1.165) is 11.6 Å². The van der Waals surface area contributed by atoms with Gasteiger partial charge in [-0.05, 0) is 29.3 Å². The Hall–Kier alpha value is -2.97. The van der Waals surface area contributed by atoms with E-state index >= 15 is 0 Å². The molecule has 0 radical (unpaired) electrons. The molecule has 9 heteroatoms. The van der Waals surface area contributed by atoms with Crippen LogP contribution in [0.3, 0.4) is 0 Å². The Morgan fingerprint density at radius 3 is 2.04 bits per heavy atom. The van der Waals surface area contributed by atoms with Gasteiger partial charge in [0.2, 0.25) is 0 Å². The van der Waals surface area contributed by atoms with Crippen molar-refractivity contribution in [1.29, 1.82) is 0 Å². The van der Waals surface area contributed by atoms with Crippen molar-refractivity contribution in [3.8, 4) is 0 Å². The van der Waals surface area contributed by atoms with Crippen LogP contribution < -0.4 is 5.32 Å². The summed E-state index contributed by atoms with van der Waals surface area (Å²) >= 11 is 0. The van der Waals surface area contributed by atoms with Crippen molar-refractivity contribution in [2.45, 2.75) is 19.0 Å². The molecule has 0 saturated carbocycles. The van der Waals surface area contributed by atoms with Gasteiger partial charge >= 0.3 is 18.4 Å². The fourth-order valence-corrected chi connectivity index (χ4v) is 2.19. The normalized spacial score (nSPS) is 12.2. The Kier molecular flexibility index (Phi) is 6.71. The number of hydrogen-bond acceptors (Lipinski definition) is 2. The number of halogens is 6. The predicted octanol–water partition coefficient (Wildman–Crippen LogP) is 5.66. The number of carbonyl (C=O) groups is 1. The minimum absolute atomic E-state index is 0.0267. The Balaban J connectivity index is 1.96. The molecule has 0 fully saturated rings. The van der Waals surface area contributed by atoms with E-state index in [0.29, 0.717) is 12.1 Å². The Bertz CT molecular complexity index is 796. The molecule has 0 aliphatic carbocycles. The number of alkyl halides is 6. The summed E-state index contributed by atoms with van der Waals surface area (Å²) in [5.41, 5.74) is -2.34.